The van der Waals surface area contributed by atoms with Gasteiger partial charge in [-0.2, -0.15) is 0 Å². The van der Waals surface area contributed by atoms with Crippen molar-refractivity contribution < 1.29 is 23.1 Å². The van der Waals surface area contributed by atoms with E-state index in [2.05, 4.69) is 15.3 Å². The van der Waals surface area contributed by atoms with E-state index in [-0.39, 0.29) is 18.5 Å². The van der Waals surface area contributed by atoms with Crippen molar-refractivity contribution in [3.63, 3.8) is 0 Å². The topological polar surface area (TPSA) is 80.0 Å². The molecule has 9 heteroatoms. The molecule has 1 aromatic carbocycles. The minimum atomic E-state index is -1.28. The van der Waals surface area contributed by atoms with E-state index in [1.54, 1.807) is 6.20 Å². The van der Waals surface area contributed by atoms with Crippen LogP contribution in [0.25, 0.3) is 11.0 Å². The fourth-order valence-corrected chi connectivity index (χ4v) is 4.17. The van der Waals surface area contributed by atoms with Gasteiger partial charge in [0.05, 0.1) is 17.8 Å². The highest BCUT2D eigenvalue weighted by atomic mass is 19.2. The zero-order chi connectivity index (χ0) is 20.3. The summed E-state index contributed by atoms with van der Waals surface area (Å²) >= 11 is 0. The average molecular weight is 402 g/mol. The van der Waals surface area contributed by atoms with E-state index in [0.717, 1.165) is 30.1 Å². The molecule has 1 saturated carbocycles. The number of pyridine rings is 1. The largest absolute Gasteiger partial charge is 0.465 e. The molecule has 1 amide bonds. The average Bonchev–Trinajstić information content (AvgIpc) is 3.46. The number of amides is 1. The standard InChI is InChI=1S/C20H17F3N4O2/c21-12-5-14(23)13(22)3-10(12)11-4-19-25-16-7-24-15(9-1-2-9)6-18(16)27(19)8-17(11)26-20(28)29/h3,5-7,9,11,17,26H,1-2,4,8H2,(H,28,29)/t11-,17+/m1/s1. The predicted molar refractivity (Wildman–Crippen MR) is 97.2 cm³/mol. The highest BCUT2D eigenvalue weighted by Crippen LogP contribution is 2.40. The van der Waals surface area contributed by atoms with E-state index in [1.807, 2.05) is 10.6 Å². The number of hydrogen-bond acceptors (Lipinski definition) is 3. The molecule has 1 aliphatic heterocycles. The molecule has 2 aromatic heterocycles. The van der Waals surface area contributed by atoms with Crippen LogP contribution in [-0.2, 0) is 13.0 Å². The quantitative estimate of drug-likeness (QED) is 0.655. The first-order chi connectivity index (χ1) is 13.9. The molecule has 29 heavy (non-hydrogen) atoms. The first kappa shape index (κ1) is 18.0. The van der Waals surface area contributed by atoms with E-state index in [0.29, 0.717) is 23.3 Å². The van der Waals surface area contributed by atoms with Gasteiger partial charge in [0, 0.05) is 36.6 Å². The summed E-state index contributed by atoms with van der Waals surface area (Å²) in [5.41, 5.74) is 2.43. The molecule has 1 aliphatic carbocycles. The number of hydrogen-bond donors (Lipinski definition) is 2. The maximum atomic E-state index is 14.4. The molecular formula is C20H17F3N4O2. The number of rotatable bonds is 3. The number of halogens is 3. The lowest BCUT2D eigenvalue weighted by atomic mass is 9.85. The Labute approximate surface area is 163 Å². The normalized spacial score (nSPS) is 21.2. The van der Waals surface area contributed by atoms with Crippen LogP contribution in [0.2, 0.25) is 0 Å². The Morgan fingerprint density at radius 3 is 2.62 bits per heavy atom. The lowest BCUT2D eigenvalue weighted by Gasteiger charge is -2.33. The molecule has 0 saturated heterocycles. The van der Waals surface area contributed by atoms with Gasteiger partial charge < -0.3 is 15.0 Å². The van der Waals surface area contributed by atoms with Gasteiger partial charge in [0.25, 0.3) is 0 Å². The molecule has 0 spiro atoms. The van der Waals surface area contributed by atoms with Gasteiger partial charge in [0.1, 0.15) is 17.2 Å². The third-order valence-corrected chi connectivity index (χ3v) is 5.75. The smallest absolute Gasteiger partial charge is 0.404 e. The van der Waals surface area contributed by atoms with Crippen LogP contribution in [0, 0.1) is 17.5 Å². The van der Waals surface area contributed by atoms with E-state index < -0.39 is 35.5 Å². The lowest BCUT2D eigenvalue weighted by Crippen LogP contribution is -2.45. The Balaban J connectivity index is 1.60. The highest BCUT2D eigenvalue weighted by Gasteiger charge is 2.35. The molecule has 1 fully saturated rings. The number of nitrogens with zero attached hydrogens (tertiary/aromatic N) is 3. The van der Waals surface area contributed by atoms with E-state index in [1.165, 1.54) is 0 Å². The monoisotopic (exact) mass is 402 g/mol. The minimum absolute atomic E-state index is 0.0715. The number of aromatic nitrogens is 3. The number of carboxylic acid groups (broad SMARTS) is 1. The highest BCUT2D eigenvalue weighted by molar-refractivity contribution is 5.76. The third kappa shape index (κ3) is 3.10. The zero-order valence-electron chi connectivity index (χ0n) is 15.2. The summed E-state index contributed by atoms with van der Waals surface area (Å²) in [6.45, 7) is 0.204. The van der Waals surface area contributed by atoms with Crippen LogP contribution in [0.4, 0.5) is 18.0 Å². The molecule has 5 rings (SSSR count). The van der Waals surface area contributed by atoms with Crippen LogP contribution < -0.4 is 5.32 Å². The Bertz CT molecular complexity index is 1140. The molecule has 150 valence electrons. The van der Waals surface area contributed by atoms with Gasteiger partial charge in [-0.1, -0.05) is 0 Å². The Kier molecular flexibility index (Phi) is 4.01. The van der Waals surface area contributed by atoms with Crippen molar-refractivity contribution in [3.05, 3.63) is 58.9 Å². The summed E-state index contributed by atoms with van der Waals surface area (Å²) in [5, 5.41) is 11.7. The fourth-order valence-electron chi connectivity index (χ4n) is 4.17. The first-order valence-corrected chi connectivity index (χ1v) is 9.39. The van der Waals surface area contributed by atoms with Crippen LogP contribution >= 0.6 is 0 Å². The molecule has 0 bridgehead atoms. The van der Waals surface area contributed by atoms with Crippen molar-refractivity contribution in [1.29, 1.82) is 0 Å². The lowest BCUT2D eigenvalue weighted by molar-refractivity contribution is 0.183. The minimum Gasteiger partial charge on any atom is -0.465 e. The van der Waals surface area contributed by atoms with Crippen LogP contribution in [0.3, 0.4) is 0 Å². The first-order valence-electron chi connectivity index (χ1n) is 9.39. The van der Waals surface area contributed by atoms with Gasteiger partial charge in [-0.05, 0) is 30.5 Å². The second-order valence-electron chi connectivity index (χ2n) is 7.67. The Hall–Kier alpha value is -3.10. The van der Waals surface area contributed by atoms with Gasteiger partial charge in [-0.15, -0.1) is 0 Å². The fraction of sp³-hybridized carbons (Fsp3) is 0.350. The maximum Gasteiger partial charge on any atom is 0.404 e. The zero-order valence-corrected chi connectivity index (χ0v) is 15.2. The summed E-state index contributed by atoms with van der Waals surface area (Å²) in [4.78, 5) is 20.4. The van der Waals surface area contributed by atoms with Crippen LogP contribution in [0.5, 0.6) is 0 Å². The predicted octanol–water partition coefficient (Wildman–Crippen LogP) is 3.70. The van der Waals surface area contributed by atoms with E-state index >= 15 is 0 Å². The molecule has 2 atom stereocenters. The summed E-state index contributed by atoms with van der Waals surface area (Å²) in [7, 11) is 0. The Morgan fingerprint density at radius 2 is 1.90 bits per heavy atom. The molecule has 0 radical (unpaired) electrons. The van der Waals surface area contributed by atoms with Crippen molar-refractivity contribution in [2.75, 3.05) is 0 Å². The summed E-state index contributed by atoms with van der Waals surface area (Å²) in [5.74, 6) is -3.00. The van der Waals surface area contributed by atoms with Gasteiger partial charge in [-0.3, -0.25) is 4.98 Å². The third-order valence-electron chi connectivity index (χ3n) is 5.75. The molecule has 2 aliphatic rings. The van der Waals surface area contributed by atoms with Gasteiger partial charge in [-0.25, -0.2) is 22.9 Å². The number of nitrogens with one attached hydrogen (secondary N) is 1. The number of fused-ring (bicyclic) bond motifs is 3. The number of carbonyl (C=O) groups is 1. The SMILES string of the molecule is O=C(O)N[C@H]1Cn2c(nc3cnc(C4CC4)cc32)C[C@@H]1c1cc(F)c(F)cc1F. The van der Waals surface area contributed by atoms with Crippen LogP contribution in [-0.4, -0.2) is 31.8 Å². The second-order valence-corrected chi connectivity index (χ2v) is 7.67. The van der Waals surface area contributed by atoms with Crippen molar-refractivity contribution in [2.45, 2.75) is 43.7 Å². The van der Waals surface area contributed by atoms with E-state index in [4.69, 9.17) is 0 Å². The van der Waals surface area contributed by atoms with Crippen molar-refractivity contribution in [2.24, 2.45) is 0 Å². The summed E-state index contributed by atoms with van der Waals surface area (Å²) < 4.78 is 43.5. The molecule has 2 N–H and O–H groups in total. The summed E-state index contributed by atoms with van der Waals surface area (Å²) in [6, 6.07) is 2.54. The molecular weight excluding hydrogens is 385 g/mol. The van der Waals surface area contributed by atoms with Crippen molar-refractivity contribution in [1.82, 2.24) is 19.9 Å². The van der Waals surface area contributed by atoms with Gasteiger partial charge >= 0.3 is 6.09 Å². The van der Waals surface area contributed by atoms with Crippen molar-refractivity contribution in [3.8, 4) is 0 Å². The molecule has 3 heterocycles. The van der Waals surface area contributed by atoms with Crippen LogP contribution in [0.15, 0.2) is 24.4 Å². The van der Waals surface area contributed by atoms with Crippen molar-refractivity contribution >= 4 is 17.1 Å². The molecule has 0 unspecified atom stereocenters. The second kappa shape index (κ2) is 6.47. The van der Waals surface area contributed by atoms with E-state index in [9.17, 15) is 23.1 Å². The van der Waals surface area contributed by atoms with Gasteiger partial charge in [0.15, 0.2) is 11.6 Å². The summed E-state index contributed by atoms with van der Waals surface area (Å²) in [6.07, 6.45) is 2.80. The van der Waals surface area contributed by atoms with Crippen LogP contribution in [0.1, 0.15) is 41.8 Å². The molecule has 3 aromatic rings. The maximum absolute atomic E-state index is 14.4. The number of imidazole rings is 1. The molecule has 6 nitrogen and oxygen atoms in total. The number of benzene rings is 1. The Morgan fingerprint density at radius 1 is 1.14 bits per heavy atom. The van der Waals surface area contributed by atoms with Gasteiger partial charge in [0.2, 0.25) is 0 Å².